The predicted molar refractivity (Wildman–Crippen MR) is 160 cm³/mol. The van der Waals surface area contributed by atoms with Gasteiger partial charge < -0.3 is 4.74 Å². The fraction of sp³-hybridized carbons (Fsp3) is 0.806. The van der Waals surface area contributed by atoms with Crippen LogP contribution in [0.15, 0.2) is 23.8 Å². The van der Waals surface area contributed by atoms with Crippen LogP contribution < -0.4 is 0 Å². The standard InChI is InChI=1S/C36H56O2/c1-4-6-7-8-9-10-11-12-13-14-15-16-17-18-35(37)38-34-24-23-33-32-22-20-29-27-28(5-2)19-21-30(29)31(32)25-26-36(33,34)3/h2,17-19,29-34H,4,6-16,20-27H2,1,3H3/t29?,30-,31+,32+,33-,34-,36-/m0/s1. The lowest BCUT2D eigenvalue weighted by atomic mass is 9.51. The molecule has 0 aromatic rings. The van der Waals surface area contributed by atoms with Gasteiger partial charge in [-0.1, -0.05) is 96.1 Å². The quantitative estimate of drug-likeness (QED) is 0.0985. The largest absolute Gasteiger partial charge is 0.459 e. The third-order valence-electron chi connectivity index (χ3n) is 11.2. The molecule has 7 atom stereocenters. The highest BCUT2D eigenvalue weighted by Crippen LogP contribution is 2.62. The average molecular weight is 521 g/mol. The molecule has 0 amide bonds. The predicted octanol–water partition coefficient (Wildman–Crippen LogP) is 9.98. The Kier molecular flexibility index (Phi) is 11.5. The van der Waals surface area contributed by atoms with Gasteiger partial charge in [-0.15, -0.1) is 6.42 Å². The van der Waals surface area contributed by atoms with Gasteiger partial charge >= 0.3 is 5.97 Å². The monoisotopic (exact) mass is 520 g/mol. The number of carbonyl (C=O) groups is 1. The highest BCUT2D eigenvalue weighted by molar-refractivity contribution is 5.82. The van der Waals surface area contributed by atoms with Crippen molar-refractivity contribution in [1.82, 2.24) is 0 Å². The van der Waals surface area contributed by atoms with Crippen molar-refractivity contribution in [3.05, 3.63) is 23.8 Å². The zero-order valence-corrected chi connectivity index (χ0v) is 24.7. The summed E-state index contributed by atoms with van der Waals surface area (Å²) in [5.74, 6) is 6.83. The number of hydrogen-bond acceptors (Lipinski definition) is 2. The maximum Gasteiger partial charge on any atom is 0.330 e. The summed E-state index contributed by atoms with van der Waals surface area (Å²) in [6, 6.07) is 0. The van der Waals surface area contributed by atoms with Crippen LogP contribution in [0, 0.1) is 47.3 Å². The molecule has 212 valence electrons. The molecule has 38 heavy (non-hydrogen) atoms. The first-order chi connectivity index (χ1) is 18.6. The van der Waals surface area contributed by atoms with Crippen molar-refractivity contribution in [3.8, 4) is 12.3 Å². The SMILES string of the molecule is C#CC1=CC[C@H]2C(CC[C@@H]3[C@@H]2CC[C@]2(C)[C@@H](OC(=O)C=CCCCCCCCCCCCCC)CC[C@@H]32)C1. The van der Waals surface area contributed by atoms with E-state index in [1.54, 1.807) is 6.08 Å². The Morgan fingerprint density at radius 3 is 2.37 bits per heavy atom. The maximum absolute atomic E-state index is 12.7. The zero-order chi connectivity index (χ0) is 26.8. The number of carbonyl (C=O) groups excluding carboxylic acids is 1. The van der Waals surface area contributed by atoms with Crippen LogP contribution >= 0.6 is 0 Å². The van der Waals surface area contributed by atoms with E-state index in [4.69, 9.17) is 11.2 Å². The summed E-state index contributed by atoms with van der Waals surface area (Å²) in [7, 11) is 0. The van der Waals surface area contributed by atoms with E-state index in [1.165, 1.54) is 115 Å². The second-order valence-corrected chi connectivity index (χ2v) is 13.5. The zero-order valence-electron chi connectivity index (χ0n) is 24.7. The Morgan fingerprint density at radius 1 is 0.947 bits per heavy atom. The van der Waals surface area contributed by atoms with Gasteiger partial charge in [0, 0.05) is 11.5 Å². The molecule has 3 saturated carbocycles. The minimum Gasteiger partial charge on any atom is -0.459 e. The van der Waals surface area contributed by atoms with E-state index in [0.717, 1.165) is 48.9 Å². The highest BCUT2D eigenvalue weighted by Gasteiger charge is 2.57. The van der Waals surface area contributed by atoms with Crippen LogP contribution in [0.2, 0.25) is 0 Å². The molecule has 0 bridgehead atoms. The number of terminal acetylenes is 1. The van der Waals surface area contributed by atoms with Gasteiger partial charge in [-0.3, -0.25) is 0 Å². The lowest BCUT2D eigenvalue weighted by Gasteiger charge is -2.55. The third kappa shape index (κ3) is 7.37. The normalized spacial score (nSPS) is 34.2. The molecule has 0 radical (unpaired) electrons. The lowest BCUT2D eigenvalue weighted by Crippen LogP contribution is -2.49. The van der Waals surface area contributed by atoms with Crippen LogP contribution in [-0.2, 0) is 9.53 Å². The Bertz CT molecular complexity index is 846. The van der Waals surface area contributed by atoms with Crippen molar-refractivity contribution in [1.29, 1.82) is 0 Å². The molecule has 2 heteroatoms. The molecular formula is C36H56O2. The van der Waals surface area contributed by atoms with E-state index in [9.17, 15) is 4.79 Å². The molecule has 1 unspecified atom stereocenters. The van der Waals surface area contributed by atoms with Crippen LogP contribution in [-0.4, -0.2) is 12.1 Å². The Labute approximate surface area is 234 Å². The van der Waals surface area contributed by atoms with Gasteiger partial charge in [0.2, 0.25) is 0 Å². The van der Waals surface area contributed by atoms with Gasteiger partial charge in [0.05, 0.1) is 0 Å². The first-order valence-corrected chi connectivity index (χ1v) is 16.6. The number of ether oxygens (including phenoxy) is 1. The Balaban J connectivity index is 1.13. The van der Waals surface area contributed by atoms with Gasteiger partial charge in [-0.05, 0) is 99.4 Å². The van der Waals surface area contributed by atoms with Crippen molar-refractivity contribution in [3.63, 3.8) is 0 Å². The molecule has 0 heterocycles. The Hall–Kier alpha value is -1.49. The van der Waals surface area contributed by atoms with Crippen LogP contribution in [0.1, 0.15) is 142 Å². The Morgan fingerprint density at radius 2 is 1.66 bits per heavy atom. The molecule has 4 rings (SSSR count). The van der Waals surface area contributed by atoms with Crippen molar-refractivity contribution >= 4 is 5.97 Å². The number of rotatable bonds is 14. The molecule has 2 nitrogen and oxygen atoms in total. The number of hydrogen-bond donors (Lipinski definition) is 0. The van der Waals surface area contributed by atoms with E-state index in [0.29, 0.717) is 0 Å². The fourth-order valence-corrected chi connectivity index (χ4v) is 9.05. The van der Waals surface area contributed by atoms with E-state index >= 15 is 0 Å². The molecule has 4 aliphatic rings. The molecular weight excluding hydrogens is 464 g/mol. The molecule has 0 aromatic heterocycles. The summed E-state index contributed by atoms with van der Waals surface area (Å²) < 4.78 is 6.15. The third-order valence-corrected chi connectivity index (χ3v) is 11.2. The van der Waals surface area contributed by atoms with Crippen molar-refractivity contribution in [2.24, 2.45) is 35.0 Å². The second-order valence-electron chi connectivity index (χ2n) is 13.5. The summed E-state index contributed by atoms with van der Waals surface area (Å²) in [6.07, 6.45) is 37.7. The van der Waals surface area contributed by atoms with Crippen molar-refractivity contribution < 1.29 is 9.53 Å². The smallest absolute Gasteiger partial charge is 0.330 e. The number of allylic oxidation sites excluding steroid dienone is 3. The highest BCUT2D eigenvalue weighted by atomic mass is 16.5. The average Bonchev–Trinajstić information content (AvgIpc) is 3.26. The molecule has 0 aromatic carbocycles. The molecule has 4 aliphatic carbocycles. The van der Waals surface area contributed by atoms with Crippen molar-refractivity contribution in [2.45, 2.75) is 148 Å². The van der Waals surface area contributed by atoms with Gasteiger partial charge in [-0.25, -0.2) is 4.79 Å². The number of unbranched alkanes of at least 4 members (excludes halogenated alkanes) is 11. The molecule has 0 aliphatic heterocycles. The summed E-state index contributed by atoms with van der Waals surface area (Å²) in [4.78, 5) is 12.7. The van der Waals surface area contributed by atoms with Crippen molar-refractivity contribution in [2.75, 3.05) is 0 Å². The fourth-order valence-electron chi connectivity index (χ4n) is 9.05. The van der Waals surface area contributed by atoms with E-state index in [-0.39, 0.29) is 17.5 Å². The number of esters is 1. The van der Waals surface area contributed by atoms with E-state index in [1.807, 2.05) is 0 Å². The van der Waals surface area contributed by atoms with E-state index < -0.39 is 0 Å². The molecule has 0 spiro atoms. The summed E-state index contributed by atoms with van der Waals surface area (Å²) in [6.45, 7) is 4.72. The summed E-state index contributed by atoms with van der Waals surface area (Å²) >= 11 is 0. The van der Waals surface area contributed by atoms with Gasteiger partial charge in [-0.2, -0.15) is 0 Å². The van der Waals surface area contributed by atoms with Crippen LogP contribution in [0.25, 0.3) is 0 Å². The first-order valence-electron chi connectivity index (χ1n) is 16.6. The second kappa shape index (κ2) is 14.8. The van der Waals surface area contributed by atoms with Crippen LogP contribution in [0.3, 0.4) is 0 Å². The van der Waals surface area contributed by atoms with Gasteiger partial charge in [0.25, 0.3) is 0 Å². The molecule has 3 fully saturated rings. The van der Waals surface area contributed by atoms with Gasteiger partial charge in [0.15, 0.2) is 0 Å². The summed E-state index contributed by atoms with van der Waals surface area (Å²) in [5, 5.41) is 0. The minimum atomic E-state index is -0.106. The number of fused-ring (bicyclic) bond motifs is 5. The van der Waals surface area contributed by atoms with Crippen LogP contribution in [0.5, 0.6) is 0 Å². The maximum atomic E-state index is 12.7. The minimum absolute atomic E-state index is 0.101. The van der Waals surface area contributed by atoms with E-state index in [2.05, 4.69) is 31.9 Å². The summed E-state index contributed by atoms with van der Waals surface area (Å²) in [5.41, 5.74) is 1.41. The van der Waals surface area contributed by atoms with Crippen LogP contribution in [0.4, 0.5) is 0 Å². The molecule has 0 saturated heterocycles. The lowest BCUT2D eigenvalue weighted by molar-refractivity contribution is -0.153. The molecule has 0 N–H and O–H groups in total. The van der Waals surface area contributed by atoms with Gasteiger partial charge in [0.1, 0.15) is 6.10 Å². The first kappa shape index (κ1) is 29.5. The topological polar surface area (TPSA) is 26.3 Å².